The van der Waals surface area contributed by atoms with E-state index in [4.69, 9.17) is 22.1 Å². The molecule has 0 aliphatic heterocycles. The third-order valence-corrected chi connectivity index (χ3v) is 3.27. The molecule has 94 valence electrons. The zero-order chi connectivity index (χ0) is 13.3. The van der Waals surface area contributed by atoms with E-state index in [0.29, 0.717) is 10.7 Å². The van der Waals surface area contributed by atoms with Crippen molar-refractivity contribution in [2.75, 3.05) is 12.8 Å². The predicted octanol–water partition coefficient (Wildman–Crippen LogP) is 3.61. The maximum Gasteiger partial charge on any atom is 0.126 e. The minimum Gasteiger partial charge on any atom is -0.496 e. The van der Waals surface area contributed by atoms with Gasteiger partial charge < -0.3 is 10.5 Å². The Bertz CT molecular complexity index is 597. The highest BCUT2D eigenvalue weighted by Crippen LogP contribution is 2.36. The lowest BCUT2D eigenvalue weighted by molar-refractivity contribution is 0.416. The second kappa shape index (κ2) is 4.86. The van der Waals surface area contributed by atoms with Crippen LogP contribution in [0.3, 0.4) is 0 Å². The van der Waals surface area contributed by atoms with Crippen LogP contribution in [0.5, 0.6) is 5.75 Å². The molecular weight excluding hydrogens is 248 g/mol. The van der Waals surface area contributed by atoms with Gasteiger partial charge in [-0.1, -0.05) is 11.6 Å². The number of nitrogen functional groups attached to an aromatic ring is 1. The first kappa shape index (κ1) is 12.7. The molecule has 1 aromatic heterocycles. The van der Waals surface area contributed by atoms with E-state index in [9.17, 15) is 0 Å². The highest BCUT2D eigenvalue weighted by molar-refractivity contribution is 6.31. The molecule has 0 aliphatic rings. The Labute approximate surface area is 112 Å². The molecule has 0 radical (unpaired) electrons. The number of aromatic nitrogens is 1. The largest absolute Gasteiger partial charge is 0.496 e. The van der Waals surface area contributed by atoms with Gasteiger partial charge >= 0.3 is 0 Å². The number of pyridine rings is 1. The Kier molecular flexibility index (Phi) is 3.43. The Hall–Kier alpha value is -1.74. The number of nitrogens with two attached hydrogens (primary N) is 1. The summed E-state index contributed by atoms with van der Waals surface area (Å²) in [6.45, 7) is 3.86. The number of methoxy groups -OCH3 is 1. The smallest absolute Gasteiger partial charge is 0.126 e. The topological polar surface area (TPSA) is 48.1 Å². The number of ether oxygens (including phenoxy) is 1. The molecule has 0 saturated carbocycles. The van der Waals surface area contributed by atoms with Crippen LogP contribution in [0.4, 0.5) is 5.69 Å². The van der Waals surface area contributed by atoms with Gasteiger partial charge in [0.25, 0.3) is 0 Å². The highest BCUT2D eigenvalue weighted by Gasteiger charge is 2.12. The van der Waals surface area contributed by atoms with Gasteiger partial charge in [0, 0.05) is 22.3 Å². The van der Waals surface area contributed by atoms with Crippen molar-refractivity contribution < 1.29 is 4.74 Å². The first-order valence-electron chi connectivity index (χ1n) is 5.60. The van der Waals surface area contributed by atoms with E-state index in [1.807, 2.05) is 26.0 Å². The number of nitrogens with zero attached hydrogens (tertiary/aromatic N) is 1. The molecule has 1 heterocycles. The van der Waals surface area contributed by atoms with Gasteiger partial charge in [0.15, 0.2) is 0 Å². The first-order valence-corrected chi connectivity index (χ1v) is 5.98. The van der Waals surface area contributed by atoms with Crippen molar-refractivity contribution in [3.05, 3.63) is 40.7 Å². The second-order valence-corrected chi connectivity index (χ2v) is 4.58. The SMILES string of the molecule is COc1ccc(Cl)cc1-c1cnc(C)c(N)c1C. The first-order chi connectivity index (χ1) is 8.54. The summed E-state index contributed by atoms with van der Waals surface area (Å²) in [4.78, 5) is 4.30. The summed E-state index contributed by atoms with van der Waals surface area (Å²) in [5.74, 6) is 0.757. The lowest BCUT2D eigenvalue weighted by Gasteiger charge is -2.13. The summed E-state index contributed by atoms with van der Waals surface area (Å²) < 4.78 is 5.35. The number of rotatable bonds is 2. The number of hydrogen-bond donors (Lipinski definition) is 1. The molecule has 1 aromatic carbocycles. The zero-order valence-electron chi connectivity index (χ0n) is 10.6. The van der Waals surface area contributed by atoms with E-state index in [2.05, 4.69) is 4.98 Å². The Morgan fingerprint density at radius 1 is 1.22 bits per heavy atom. The predicted molar refractivity (Wildman–Crippen MR) is 75.1 cm³/mol. The van der Waals surface area contributed by atoms with Crippen molar-refractivity contribution in [2.24, 2.45) is 0 Å². The average molecular weight is 263 g/mol. The lowest BCUT2D eigenvalue weighted by Crippen LogP contribution is -1.99. The molecular formula is C14H15ClN2O. The van der Waals surface area contributed by atoms with E-state index in [1.165, 1.54) is 0 Å². The maximum atomic E-state index is 6.04. The van der Waals surface area contributed by atoms with Crippen molar-refractivity contribution in [3.63, 3.8) is 0 Å². The van der Waals surface area contributed by atoms with Crippen LogP contribution >= 0.6 is 11.6 Å². The lowest BCUT2D eigenvalue weighted by atomic mass is 10.00. The number of hydrogen-bond acceptors (Lipinski definition) is 3. The Morgan fingerprint density at radius 2 is 1.94 bits per heavy atom. The molecule has 0 fully saturated rings. The van der Waals surface area contributed by atoms with Crippen LogP contribution in [0.2, 0.25) is 5.02 Å². The van der Waals surface area contributed by atoms with Crippen LogP contribution in [0.15, 0.2) is 24.4 Å². The molecule has 0 aliphatic carbocycles. The standard InChI is InChI=1S/C14H15ClN2O/c1-8-12(7-17-9(2)14(8)16)11-6-10(15)4-5-13(11)18-3/h4-7H,16H2,1-3H3. The van der Waals surface area contributed by atoms with E-state index >= 15 is 0 Å². The van der Waals surface area contributed by atoms with Crippen molar-refractivity contribution in [2.45, 2.75) is 13.8 Å². The van der Waals surface area contributed by atoms with Crippen LogP contribution in [0.25, 0.3) is 11.1 Å². The van der Waals surface area contributed by atoms with Gasteiger partial charge in [0.2, 0.25) is 0 Å². The summed E-state index contributed by atoms with van der Waals surface area (Å²) in [5, 5.41) is 0.657. The normalized spacial score (nSPS) is 10.4. The van der Waals surface area contributed by atoms with Gasteiger partial charge in [-0.2, -0.15) is 0 Å². The van der Waals surface area contributed by atoms with Gasteiger partial charge in [0.05, 0.1) is 18.5 Å². The number of benzene rings is 1. The van der Waals surface area contributed by atoms with Gasteiger partial charge in [-0.3, -0.25) is 4.98 Å². The summed E-state index contributed by atoms with van der Waals surface area (Å²) in [6, 6.07) is 5.50. The Balaban J connectivity index is 2.69. The summed E-state index contributed by atoms with van der Waals surface area (Å²) >= 11 is 6.04. The summed E-state index contributed by atoms with van der Waals surface area (Å²) in [6.07, 6.45) is 1.80. The van der Waals surface area contributed by atoms with Gasteiger partial charge in [0.1, 0.15) is 5.75 Å². The monoisotopic (exact) mass is 262 g/mol. The van der Waals surface area contributed by atoms with Crippen molar-refractivity contribution in [1.29, 1.82) is 0 Å². The molecule has 0 saturated heterocycles. The molecule has 0 spiro atoms. The molecule has 2 rings (SSSR count). The second-order valence-electron chi connectivity index (χ2n) is 4.14. The molecule has 0 bridgehead atoms. The number of aryl methyl sites for hydroxylation is 1. The van der Waals surface area contributed by atoms with Crippen LogP contribution in [-0.2, 0) is 0 Å². The van der Waals surface area contributed by atoms with Crippen molar-refractivity contribution in [1.82, 2.24) is 4.98 Å². The fourth-order valence-corrected chi connectivity index (χ4v) is 2.08. The summed E-state index contributed by atoms with van der Waals surface area (Å²) in [5.41, 5.74) is 10.4. The quantitative estimate of drug-likeness (QED) is 0.899. The van der Waals surface area contributed by atoms with Gasteiger partial charge in [-0.25, -0.2) is 0 Å². The van der Waals surface area contributed by atoms with Crippen LogP contribution in [-0.4, -0.2) is 12.1 Å². The summed E-state index contributed by atoms with van der Waals surface area (Å²) in [7, 11) is 1.63. The van der Waals surface area contributed by atoms with E-state index < -0.39 is 0 Å². The van der Waals surface area contributed by atoms with E-state index in [-0.39, 0.29) is 0 Å². The fourth-order valence-electron chi connectivity index (χ4n) is 1.91. The van der Waals surface area contributed by atoms with Gasteiger partial charge in [-0.05, 0) is 37.6 Å². The molecule has 4 heteroatoms. The molecule has 3 nitrogen and oxygen atoms in total. The molecule has 2 N–H and O–H groups in total. The minimum absolute atomic E-state index is 0.657. The highest BCUT2D eigenvalue weighted by atomic mass is 35.5. The fraction of sp³-hybridized carbons (Fsp3) is 0.214. The van der Waals surface area contributed by atoms with Gasteiger partial charge in [-0.15, -0.1) is 0 Å². The third-order valence-electron chi connectivity index (χ3n) is 3.04. The zero-order valence-corrected chi connectivity index (χ0v) is 11.4. The van der Waals surface area contributed by atoms with Crippen molar-refractivity contribution >= 4 is 17.3 Å². The van der Waals surface area contributed by atoms with E-state index in [0.717, 1.165) is 28.1 Å². The third kappa shape index (κ3) is 2.14. The van der Waals surface area contributed by atoms with Crippen molar-refractivity contribution in [3.8, 4) is 16.9 Å². The Morgan fingerprint density at radius 3 is 2.61 bits per heavy atom. The number of halogens is 1. The van der Waals surface area contributed by atoms with Crippen LogP contribution in [0.1, 0.15) is 11.3 Å². The molecule has 0 atom stereocenters. The molecule has 18 heavy (non-hydrogen) atoms. The maximum absolute atomic E-state index is 6.04. The molecule has 2 aromatic rings. The molecule has 0 amide bonds. The van der Waals surface area contributed by atoms with E-state index in [1.54, 1.807) is 19.4 Å². The minimum atomic E-state index is 0.657. The van der Waals surface area contributed by atoms with Crippen LogP contribution < -0.4 is 10.5 Å². The molecule has 0 unspecified atom stereocenters. The number of anilines is 1. The average Bonchev–Trinajstić information content (AvgIpc) is 2.36. The van der Waals surface area contributed by atoms with Crippen LogP contribution in [0, 0.1) is 13.8 Å².